The number of nitrogens with one attached hydrogen (secondary N) is 1. The first kappa shape index (κ1) is 29.5. The number of carbonyl (C=O) groups is 1. The zero-order chi connectivity index (χ0) is 22.6. The van der Waals surface area contributed by atoms with E-state index in [1.165, 1.54) is 6.92 Å². The molecule has 4 heterocycles. The second-order valence-corrected chi connectivity index (χ2v) is 8.47. The molecule has 2 saturated heterocycles. The predicted molar refractivity (Wildman–Crippen MR) is 115 cm³/mol. The van der Waals surface area contributed by atoms with Crippen LogP contribution in [0.25, 0.3) is 0 Å². The number of carbonyl (C=O) groups excluding carboxylic acids is 1. The first-order valence-electron chi connectivity index (χ1n) is 10.2. The summed E-state index contributed by atoms with van der Waals surface area (Å²) in [6, 6.07) is 3.52. The maximum atomic E-state index is 10.8. The van der Waals surface area contributed by atoms with Crippen molar-refractivity contribution >= 4 is 17.5 Å². The maximum Gasteiger partial charge on any atom is 1.00 e. The molecule has 33 heavy (non-hydrogen) atoms. The van der Waals surface area contributed by atoms with Crippen LogP contribution in [0.5, 0.6) is 0 Å². The molecule has 2 aromatic rings. The summed E-state index contributed by atoms with van der Waals surface area (Å²) in [5.41, 5.74) is 5.50. The van der Waals surface area contributed by atoms with Crippen molar-refractivity contribution < 1.29 is 58.8 Å². The summed E-state index contributed by atoms with van der Waals surface area (Å²) in [6.07, 6.45) is 3.70. The number of hydrogen-bond acceptors (Lipinski definition) is 9. The van der Waals surface area contributed by atoms with E-state index in [2.05, 4.69) is 15.5 Å². The quantitative estimate of drug-likeness (QED) is 0.487. The minimum Gasteiger partial charge on any atom is -0.870 e. The number of aromatic nitrogens is 4. The van der Waals surface area contributed by atoms with Gasteiger partial charge in [0.25, 0.3) is 0 Å². The molecule has 0 radical (unpaired) electrons. The number of ether oxygens (including phenoxy) is 4. The molecule has 13 heteroatoms. The predicted octanol–water partition coefficient (Wildman–Crippen LogP) is -1.56. The van der Waals surface area contributed by atoms with Gasteiger partial charge in [0.2, 0.25) is 5.91 Å². The Morgan fingerprint density at radius 2 is 1.52 bits per heavy atom. The van der Waals surface area contributed by atoms with Crippen LogP contribution in [-0.2, 0) is 36.8 Å². The van der Waals surface area contributed by atoms with Gasteiger partial charge in [-0.05, 0) is 33.8 Å². The third-order valence-electron chi connectivity index (χ3n) is 4.52. The molecule has 2 atom stereocenters. The summed E-state index contributed by atoms with van der Waals surface area (Å²) < 4.78 is 25.7. The molecule has 1 amide bonds. The zero-order valence-corrected chi connectivity index (χ0v) is 22.1. The van der Waals surface area contributed by atoms with Gasteiger partial charge >= 0.3 is 29.6 Å². The first-order chi connectivity index (χ1) is 14.5. The Balaban J connectivity index is 0.000000316. The fraction of sp³-hybridized carbons (Fsp3) is 0.650. The van der Waals surface area contributed by atoms with Crippen molar-refractivity contribution in [1.29, 1.82) is 0 Å². The maximum absolute atomic E-state index is 10.8. The van der Waals surface area contributed by atoms with E-state index in [9.17, 15) is 4.79 Å². The molecule has 0 aliphatic carbocycles. The van der Waals surface area contributed by atoms with Crippen LogP contribution in [0, 0.1) is 0 Å². The number of amides is 1. The van der Waals surface area contributed by atoms with Gasteiger partial charge in [-0.15, -0.1) is 0 Å². The summed E-state index contributed by atoms with van der Waals surface area (Å²) in [7, 11) is 0. The molecule has 2 aliphatic rings. The van der Waals surface area contributed by atoms with Crippen LogP contribution in [0.15, 0.2) is 24.5 Å². The molecule has 0 aromatic carbocycles. The van der Waals surface area contributed by atoms with E-state index >= 15 is 0 Å². The Kier molecular flexibility index (Phi) is 11.0. The molecule has 0 saturated carbocycles. The average Bonchev–Trinajstić information content (AvgIpc) is 3.40. The molecule has 12 nitrogen and oxygen atoms in total. The number of nitrogen functional groups attached to an aromatic ring is 1. The summed E-state index contributed by atoms with van der Waals surface area (Å²) in [5, 5.41) is 10.9. The summed E-state index contributed by atoms with van der Waals surface area (Å²) in [6.45, 7) is 11.5. The zero-order valence-electron chi connectivity index (χ0n) is 20.1. The van der Waals surface area contributed by atoms with Gasteiger partial charge in [0.1, 0.15) is 18.0 Å². The van der Waals surface area contributed by atoms with E-state index < -0.39 is 11.6 Å². The normalized spacial score (nSPS) is 22.5. The fourth-order valence-corrected chi connectivity index (χ4v) is 3.31. The van der Waals surface area contributed by atoms with Gasteiger partial charge in [0.15, 0.2) is 17.4 Å². The van der Waals surface area contributed by atoms with Crippen LogP contribution in [-0.4, -0.2) is 67.9 Å². The number of nitrogens with zero attached hydrogens (tertiary/aromatic N) is 4. The molecule has 180 valence electrons. The van der Waals surface area contributed by atoms with Crippen molar-refractivity contribution in [3.8, 4) is 0 Å². The second-order valence-electron chi connectivity index (χ2n) is 8.47. The van der Waals surface area contributed by atoms with Crippen LogP contribution in [0.1, 0.15) is 34.6 Å². The van der Waals surface area contributed by atoms with Crippen molar-refractivity contribution in [3.63, 3.8) is 0 Å². The van der Waals surface area contributed by atoms with E-state index in [4.69, 9.17) is 24.7 Å². The number of nitrogens with two attached hydrogens (primary N) is 1. The van der Waals surface area contributed by atoms with Gasteiger partial charge in [-0.1, -0.05) is 0 Å². The Morgan fingerprint density at radius 3 is 1.91 bits per heavy atom. The number of hydrogen-bond donors (Lipinski definition) is 2. The van der Waals surface area contributed by atoms with Crippen molar-refractivity contribution in [2.75, 3.05) is 24.3 Å². The standard InChI is InChI=1S/C11H17N3O3.C9H15N3O2.Na.H2O/c1-8(15)12-10-4-5-14(13-10)6-9-7-16-11(2,3)17-9;1-9(2)13-6-7(14-9)5-12-4-3-8(10)11-12;;/h4-5,9H,6-7H2,1-3H3,(H,12,13,15);3-4,7H,5-6H2,1-2H3,(H2,10,11);;1H2/q;;+1;/p-1/t9-;7-;;/m11../s1. The Morgan fingerprint density at radius 1 is 1.03 bits per heavy atom. The molecular weight excluding hydrogens is 443 g/mol. The molecule has 0 bridgehead atoms. The van der Waals surface area contributed by atoms with Crippen molar-refractivity contribution in [3.05, 3.63) is 24.5 Å². The number of anilines is 2. The molecule has 0 unspecified atom stereocenters. The smallest absolute Gasteiger partial charge is 0.870 e. The first-order valence-corrected chi connectivity index (χ1v) is 10.2. The third-order valence-corrected chi connectivity index (χ3v) is 4.52. The van der Waals surface area contributed by atoms with Crippen molar-refractivity contribution in [2.45, 2.75) is 71.5 Å². The summed E-state index contributed by atoms with van der Waals surface area (Å²) >= 11 is 0. The van der Waals surface area contributed by atoms with Crippen LogP contribution < -0.4 is 40.6 Å². The average molecular weight is 477 g/mol. The van der Waals surface area contributed by atoms with Gasteiger partial charge in [-0.3, -0.25) is 14.2 Å². The van der Waals surface area contributed by atoms with Gasteiger partial charge in [-0.2, -0.15) is 10.2 Å². The van der Waals surface area contributed by atoms with Crippen molar-refractivity contribution in [2.24, 2.45) is 0 Å². The topological polar surface area (TPSA) is 158 Å². The van der Waals surface area contributed by atoms with Crippen LogP contribution in [0.3, 0.4) is 0 Å². The molecule has 4 N–H and O–H groups in total. The molecule has 0 spiro atoms. The van der Waals surface area contributed by atoms with E-state index in [0.29, 0.717) is 37.9 Å². The monoisotopic (exact) mass is 476 g/mol. The molecule has 2 aliphatic heterocycles. The minimum atomic E-state index is -0.516. The second kappa shape index (κ2) is 12.3. The summed E-state index contributed by atoms with van der Waals surface area (Å²) in [5.74, 6) is -0.0301. The van der Waals surface area contributed by atoms with Gasteiger partial charge in [0, 0.05) is 25.4 Å². The van der Waals surface area contributed by atoms with E-state index in [0.717, 1.165) is 0 Å². The molecule has 2 fully saturated rings. The molecular formula is C20H33N6NaO6. The van der Waals surface area contributed by atoms with Crippen molar-refractivity contribution in [1.82, 2.24) is 19.6 Å². The van der Waals surface area contributed by atoms with Crippen LogP contribution in [0.4, 0.5) is 11.6 Å². The molecule has 2 aromatic heterocycles. The van der Waals surface area contributed by atoms with Crippen LogP contribution in [0.2, 0.25) is 0 Å². The van der Waals surface area contributed by atoms with E-state index in [1.807, 2.05) is 33.9 Å². The van der Waals surface area contributed by atoms with Gasteiger partial charge in [0.05, 0.1) is 26.3 Å². The summed E-state index contributed by atoms with van der Waals surface area (Å²) in [4.78, 5) is 10.8. The van der Waals surface area contributed by atoms with E-state index in [-0.39, 0.29) is 53.1 Å². The van der Waals surface area contributed by atoms with Gasteiger partial charge < -0.3 is 35.5 Å². The van der Waals surface area contributed by atoms with E-state index in [1.54, 1.807) is 27.7 Å². The SMILES string of the molecule is CC(=O)Nc1ccn(C[C@@H]2COC(C)(C)O2)n1.CC1(C)OC[C@@H](Cn2ccc(N)n2)O1.[Na+].[OH-]. The Hall–Kier alpha value is -1.51. The minimum absolute atomic E-state index is 0. The number of rotatable bonds is 5. The van der Waals surface area contributed by atoms with Crippen LogP contribution >= 0.6 is 0 Å². The Labute approximate surface area is 215 Å². The largest absolute Gasteiger partial charge is 1.00 e. The fourth-order valence-electron chi connectivity index (χ4n) is 3.31. The molecule has 4 rings (SSSR count). The Bertz CT molecular complexity index is 886. The van der Waals surface area contributed by atoms with Gasteiger partial charge in [-0.25, -0.2) is 0 Å². The third kappa shape index (κ3) is 9.71.